The number of carbonyl (C=O) groups is 2. The Labute approximate surface area is 181 Å². The molecule has 0 unspecified atom stereocenters. The van der Waals surface area contributed by atoms with Gasteiger partial charge in [0, 0.05) is 22.8 Å². The Bertz CT molecular complexity index is 1170. The van der Waals surface area contributed by atoms with Gasteiger partial charge in [0.15, 0.2) is 0 Å². The van der Waals surface area contributed by atoms with Crippen LogP contribution in [0.2, 0.25) is 0 Å². The summed E-state index contributed by atoms with van der Waals surface area (Å²) in [4.78, 5) is 29.4. The molecule has 9 nitrogen and oxygen atoms in total. The minimum absolute atomic E-state index is 0.0754. The van der Waals surface area contributed by atoms with Crippen molar-refractivity contribution >= 4 is 40.5 Å². The predicted molar refractivity (Wildman–Crippen MR) is 118 cm³/mol. The van der Waals surface area contributed by atoms with E-state index in [9.17, 15) is 9.59 Å². The maximum Gasteiger partial charge on any atom is 0.326 e. The van der Waals surface area contributed by atoms with Crippen LogP contribution in [0.1, 0.15) is 10.4 Å². The van der Waals surface area contributed by atoms with Gasteiger partial charge in [-0.1, -0.05) is 5.16 Å². The predicted octanol–water partition coefficient (Wildman–Crippen LogP) is 4.70. The number of urea groups is 1. The highest BCUT2D eigenvalue weighted by Crippen LogP contribution is 2.31. The van der Waals surface area contributed by atoms with Crippen molar-refractivity contribution in [2.75, 3.05) is 23.1 Å². The summed E-state index contributed by atoms with van der Waals surface area (Å²) in [7, 11) is 1.56. The summed E-state index contributed by atoms with van der Waals surface area (Å²) in [5.41, 5.74) is 2.17. The first-order valence-corrected chi connectivity index (χ1v) is 10.0. The molecule has 0 aliphatic carbocycles. The number of hydrogen-bond donors (Lipinski definition) is 3. The van der Waals surface area contributed by atoms with Crippen molar-refractivity contribution in [3.05, 3.63) is 71.2 Å². The number of amides is 3. The van der Waals surface area contributed by atoms with Gasteiger partial charge >= 0.3 is 6.03 Å². The van der Waals surface area contributed by atoms with E-state index in [0.717, 1.165) is 0 Å². The fraction of sp³-hybridized carbons (Fsp3) is 0.0476. The van der Waals surface area contributed by atoms with Gasteiger partial charge in [0.1, 0.15) is 17.0 Å². The molecule has 0 spiro atoms. The highest BCUT2D eigenvalue weighted by atomic mass is 32.1. The SMILES string of the molecule is COc1ccc(NC(=O)c2c(-c3ccsc3)noc2NC(=O)Nc2cccnc2)cc1. The van der Waals surface area contributed by atoms with Crippen molar-refractivity contribution in [1.29, 1.82) is 0 Å². The van der Waals surface area contributed by atoms with Crippen LogP contribution < -0.4 is 20.7 Å². The van der Waals surface area contributed by atoms with E-state index in [1.165, 1.54) is 17.5 Å². The van der Waals surface area contributed by atoms with Crippen LogP contribution in [0.4, 0.5) is 22.1 Å². The van der Waals surface area contributed by atoms with Gasteiger partial charge in [0.2, 0.25) is 5.88 Å². The van der Waals surface area contributed by atoms with E-state index in [4.69, 9.17) is 9.26 Å². The molecular weight excluding hydrogens is 418 g/mol. The minimum Gasteiger partial charge on any atom is -0.497 e. The number of hydrogen-bond acceptors (Lipinski definition) is 7. The lowest BCUT2D eigenvalue weighted by molar-refractivity contribution is 0.102. The fourth-order valence-corrected chi connectivity index (χ4v) is 3.39. The van der Waals surface area contributed by atoms with Gasteiger partial charge in [0.25, 0.3) is 5.91 Å². The fourth-order valence-electron chi connectivity index (χ4n) is 2.75. The molecule has 0 bridgehead atoms. The average Bonchev–Trinajstić information content (AvgIpc) is 3.45. The van der Waals surface area contributed by atoms with Gasteiger partial charge in [-0.15, -0.1) is 0 Å². The normalized spacial score (nSPS) is 10.4. The summed E-state index contributed by atoms with van der Waals surface area (Å²) in [6, 6.07) is 11.4. The van der Waals surface area contributed by atoms with Gasteiger partial charge in [-0.3, -0.25) is 15.1 Å². The van der Waals surface area contributed by atoms with Crippen LogP contribution in [0, 0.1) is 0 Å². The molecule has 10 heteroatoms. The first-order chi connectivity index (χ1) is 15.1. The van der Waals surface area contributed by atoms with Crippen molar-refractivity contribution in [2.24, 2.45) is 0 Å². The van der Waals surface area contributed by atoms with E-state index in [1.807, 2.05) is 16.8 Å². The smallest absolute Gasteiger partial charge is 0.326 e. The molecular formula is C21H17N5O4S. The van der Waals surface area contributed by atoms with E-state index in [0.29, 0.717) is 28.4 Å². The van der Waals surface area contributed by atoms with E-state index >= 15 is 0 Å². The van der Waals surface area contributed by atoms with Crippen molar-refractivity contribution < 1.29 is 18.8 Å². The van der Waals surface area contributed by atoms with Gasteiger partial charge in [-0.05, 0) is 47.8 Å². The van der Waals surface area contributed by atoms with Crippen molar-refractivity contribution in [1.82, 2.24) is 10.1 Å². The number of ether oxygens (including phenoxy) is 1. The zero-order valence-corrected chi connectivity index (χ0v) is 17.1. The molecule has 0 aliphatic rings. The number of aromatic nitrogens is 2. The maximum absolute atomic E-state index is 13.1. The van der Waals surface area contributed by atoms with E-state index in [-0.39, 0.29) is 11.4 Å². The lowest BCUT2D eigenvalue weighted by atomic mass is 10.1. The highest BCUT2D eigenvalue weighted by molar-refractivity contribution is 7.08. The number of anilines is 3. The summed E-state index contributed by atoms with van der Waals surface area (Å²) >= 11 is 1.45. The molecule has 0 aliphatic heterocycles. The standard InChI is InChI=1S/C21H17N5O4S/c1-29-16-6-4-14(5-7-16)23-19(27)17-18(13-8-10-31-12-13)26-30-20(17)25-21(28)24-15-3-2-9-22-11-15/h2-12H,1H3,(H,23,27)(H2,24,25,28). The number of benzene rings is 1. The minimum atomic E-state index is -0.598. The van der Waals surface area contributed by atoms with E-state index < -0.39 is 11.9 Å². The molecule has 156 valence electrons. The van der Waals surface area contributed by atoms with Gasteiger partial charge < -0.3 is 19.9 Å². The number of thiophene rings is 1. The number of nitrogens with zero attached hydrogens (tertiary/aromatic N) is 2. The Balaban J connectivity index is 1.59. The summed E-state index contributed by atoms with van der Waals surface area (Å²) in [5, 5.41) is 15.6. The largest absolute Gasteiger partial charge is 0.497 e. The number of methoxy groups -OCH3 is 1. The lowest BCUT2D eigenvalue weighted by Crippen LogP contribution is -2.22. The maximum atomic E-state index is 13.1. The average molecular weight is 435 g/mol. The van der Waals surface area contributed by atoms with Gasteiger partial charge in [-0.2, -0.15) is 11.3 Å². The highest BCUT2D eigenvalue weighted by Gasteiger charge is 2.26. The molecule has 0 radical (unpaired) electrons. The first kappa shape index (κ1) is 20.1. The Morgan fingerprint density at radius 2 is 1.87 bits per heavy atom. The number of pyridine rings is 1. The zero-order valence-electron chi connectivity index (χ0n) is 16.3. The second kappa shape index (κ2) is 9.09. The molecule has 4 aromatic rings. The Morgan fingerprint density at radius 1 is 1.03 bits per heavy atom. The summed E-state index contributed by atoms with van der Waals surface area (Å²) in [6.07, 6.45) is 3.09. The van der Waals surface area contributed by atoms with E-state index in [1.54, 1.807) is 49.7 Å². The topological polar surface area (TPSA) is 118 Å². The Kier molecular flexibility index (Phi) is 5.90. The van der Waals surface area contributed by atoms with Crippen LogP contribution in [0.5, 0.6) is 5.75 Å². The molecule has 0 atom stereocenters. The molecule has 3 heterocycles. The molecule has 0 saturated carbocycles. The van der Waals surface area contributed by atoms with Gasteiger partial charge in [-0.25, -0.2) is 4.79 Å². The summed E-state index contributed by atoms with van der Waals surface area (Å²) in [5.74, 6) is 0.106. The molecule has 3 aromatic heterocycles. The summed E-state index contributed by atoms with van der Waals surface area (Å²) < 4.78 is 10.4. The van der Waals surface area contributed by atoms with Crippen LogP contribution in [0.15, 0.2) is 70.1 Å². The Hall–Kier alpha value is -4.18. The lowest BCUT2D eigenvalue weighted by Gasteiger charge is -2.08. The van der Waals surface area contributed by atoms with Crippen LogP contribution in [-0.2, 0) is 0 Å². The van der Waals surface area contributed by atoms with Gasteiger partial charge in [0.05, 0.1) is 19.0 Å². The molecule has 3 amide bonds. The Morgan fingerprint density at radius 3 is 2.55 bits per heavy atom. The van der Waals surface area contributed by atoms with Crippen molar-refractivity contribution in [3.63, 3.8) is 0 Å². The van der Waals surface area contributed by atoms with Crippen molar-refractivity contribution in [2.45, 2.75) is 0 Å². The van der Waals surface area contributed by atoms with Crippen LogP contribution >= 0.6 is 11.3 Å². The number of carbonyl (C=O) groups excluding carboxylic acids is 2. The number of nitrogens with one attached hydrogen (secondary N) is 3. The summed E-state index contributed by atoms with van der Waals surface area (Å²) in [6.45, 7) is 0. The second-order valence-corrected chi connectivity index (χ2v) is 7.03. The third-order valence-electron chi connectivity index (χ3n) is 4.21. The van der Waals surface area contributed by atoms with Crippen LogP contribution in [-0.4, -0.2) is 29.2 Å². The third-order valence-corrected chi connectivity index (χ3v) is 4.89. The third kappa shape index (κ3) is 4.70. The first-order valence-electron chi connectivity index (χ1n) is 9.09. The number of rotatable bonds is 6. The molecule has 4 rings (SSSR count). The second-order valence-electron chi connectivity index (χ2n) is 6.25. The zero-order chi connectivity index (χ0) is 21.6. The monoisotopic (exact) mass is 435 g/mol. The quantitative estimate of drug-likeness (QED) is 0.404. The van der Waals surface area contributed by atoms with E-state index in [2.05, 4.69) is 26.1 Å². The van der Waals surface area contributed by atoms with Crippen LogP contribution in [0.25, 0.3) is 11.3 Å². The molecule has 0 fully saturated rings. The molecule has 1 aromatic carbocycles. The van der Waals surface area contributed by atoms with Crippen molar-refractivity contribution in [3.8, 4) is 17.0 Å². The molecule has 0 saturated heterocycles. The van der Waals surface area contributed by atoms with Crippen LogP contribution in [0.3, 0.4) is 0 Å². The molecule has 31 heavy (non-hydrogen) atoms. The molecule has 3 N–H and O–H groups in total.